The highest BCUT2D eigenvalue weighted by Gasteiger charge is 2.26. The van der Waals surface area contributed by atoms with Gasteiger partial charge in [-0.15, -0.1) is 24.0 Å². The minimum absolute atomic E-state index is 0. The van der Waals surface area contributed by atoms with Crippen LogP contribution in [0.2, 0.25) is 0 Å². The van der Waals surface area contributed by atoms with Gasteiger partial charge in [0.1, 0.15) is 17.2 Å². The molecule has 0 saturated heterocycles. The summed E-state index contributed by atoms with van der Waals surface area (Å²) in [5.41, 5.74) is 4.02. The molecular formula is C13H20F2IN3O. The number of aliphatic imine (C=N–C) groups is 1. The third-order valence-electron chi connectivity index (χ3n) is 2.62. The Hall–Kier alpha value is -0.960. The Balaban J connectivity index is 0.00000361. The van der Waals surface area contributed by atoms with Crippen molar-refractivity contribution in [3.8, 4) is 0 Å². The van der Waals surface area contributed by atoms with E-state index in [2.05, 4.69) is 10.3 Å². The van der Waals surface area contributed by atoms with Crippen molar-refractivity contribution in [2.75, 3.05) is 13.1 Å². The highest BCUT2D eigenvalue weighted by molar-refractivity contribution is 14.0. The van der Waals surface area contributed by atoms with Crippen LogP contribution in [0.3, 0.4) is 0 Å². The van der Waals surface area contributed by atoms with Crippen molar-refractivity contribution < 1.29 is 13.9 Å². The number of rotatable bonds is 5. The molecule has 4 N–H and O–H groups in total. The molecular weight excluding hydrogens is 379 g/mol. The maximum atomic E-state index is 13.6. The van der Waals surface area contributed by atoms with Gasteiger partial charge in [-0.1, -0.05) is 13.0 Å². The van der Waals surface area contributed by atoms with Crippen LogP contribution in [0.25, 0.3) is 0 Å². The van der Waals surface area contributed by atoms with Crippen LogP contribution in [0.15, 0.2) is 23.2 Å². The first-order chi connectivity index (χ1) is 8.86. The molecule has 1 rings (SSSR count). The van der Waals surface area contributed by atoms with E-state index in [1.54, 1.807) is 0 Å². The average Bonchev–Trinajstić information content (AvgIpc) is 2.33. The molecule has 0 spiro atoms. The summed E-state index contributed by atoms with van der Waals surface area (Å²) < 4.78 is 26.4. The second-order valence-corrected chi connectivity index (χ2v) is 4.53. The van der Waals surface area contributed by atoms with Gasteiger partial charge in [-0.05, 0) is 19.4 Å². The lowest BCUT2D eigenvalue weighted by atomic mass is 9.95. The van der Waals surface area contributed by atoms with Crippen molar-refractivity contribution >= 4 is 29.9 Å². The number of aliphatic hydroxyl groups is 1. The molecule has 0 amide bonds. The van der Waals surface area contributed by atoms with Crippen molar-refractivity contribution in [2.24, 2.45) is 10.7 Å². The number of nitrogens with two attached hydrogens (primary N) is 1. The monoisotopic (exact) mass is 399 g/mol. The molecule has 0 aromatic heterocycles. The number of guanidine groups is 1. The predicted octanol–water partition coefficient (Wildman–Crippen LogP) is 2.10. The van der Waals surface area contributed by atoms with E-state index in [1.165, 1.54) is 13.0 Å². The first-order valence-corrected chi connectivity index (χ1v) is 6.08. The van der Waals surface area contributed by atoms with E-state index < -0.39 is 17.2 Å². The standard InChI is InChI=1S/C13H19F2N3O.HI/c1-3-6-17-12(16)18-8-13(2,19)10-5-4-9(14)7-11(10)15;/h4-5,7,19H,3,6,8H2,1-2H3,(H3,16,17,18);1H. The van der Waals surface area contributed by atoms with Gasteiger partial charge in [-0.3, -0.25) is 4.99 Å². The molecule has 0 radical (unpaired) electrons. The first kappa shape index (κ1) is 19.0. The van der Waals surface area contributed by atoms with Crippen LogP contribution in [-0.4, -0.2) is 24.2 Å². The van der Waals surface area contributed by atoms with E-state index in [0.717, 1.165) is 18.6 Å². The molecule has 0 aliphatic carbocycles. The van der Waals surface area contributed by atoms with E-state index in [9.17, 15) is 13.9 Å². The van der Waals surface area contributed by atoms with Gasteiger partial charge in [0.25, 0.3) is 0 Å². The normalized spacial score (nSPS) is 14.3. The molecule has 0 heterocycles. The van der Waals surface area contributed by atoms with Crippen LogP contribution in [0, 0.1) is 11.6 Å². The summed E-state index contributed by atoms with van der Waals surface area (Å²) in [4.78, 5) is 3.95. The lowest BCUT2D eigenvalue weighted by Gasteiger charge is -2.22. The van der Waals surface area contributed by atoms with E-state index in [-0.39, 0.29) is 42.0 Å². The van der Waals surface area contributed by atoms with Gasteiger partial charge in [0.15, 0.2) is 5.96 Å². The Morgan fingerprint density at radius 1 is 1.45 bits per heavy atom. The Labute approximate surface area is 134 Å². The van der Waals surface area contributed by atoms with E-state index in [4.69, 9.17) is 5.73 Å². The fourth-order valence-electron chi connectivity index (χ4n) is 1.56. The van der Waals surface area contributed by atoms with E-state index in [1.807, 2.05) is 6.92 Å². The smallest absolute Gasteiger partial charge is 0.188 e. The minimum Gasteiger partial charge on any atom is -0.383 e. The zero-order valence-electron chi connectivity index (χ0n) is 11.5. The first-order valence-electron chi connectivity index (χ1n) is 6.08. The third-order valence-corrected chi connectivity index (χ3v) is 2.62. The molecule has 114 valence electrons. The minimum atomic E-state index is -1.55. The van der Waals surface area contributed by atoms with Crippen molar-refractivity contribution in [1.29, 1.82) is 0 Å². The SMILES string of the molecule is CCCNC(N)=NCC(C)(O)c1ccc(F)cc1F.I. The molecule has 1 aromatic carbocycles. The van der Waals surface area contributed by atoms with Crippen molar-refractivity contribution in [1.82, 2.24) is 5.32 Å². The van der Waals surface area contributed by atoms with Gasteiger partial charge >= 0.3 is 0 Å². The summed E-state index contributed by atoms with van der Waals surface area (Å²) in [7, 11) is 0. The zero-order valence-corrected chi connectivity index (χ0v) is 13.8. The number of halogens is 3. The summed E-state index contributed by atoms with van der Waals surface area (Å²) >= 11 is 0. The number of nitrogens with zero attached hydrogens (tertiary/aromatic N) is 1. The fourth-order valence-corrected chi connectivity index (χ4v) is 1.56. The van der Waals surface area contributed by atoms with Crippen LogP contribution in [0.4, 0.5) is 8.78 Å². The molecule has 20 heavy (non-hydrogen) atoms. The van der Waals surface area contributed by atoms with Crippen LogP contribution >= 0.6 is 24.0 Å². The van der Waals surface area contributed by atoms with Gasteiger partial charge in [-0.25, -0.2) is 8.78 Å². The molecule has 0 aliphatic heterocycles. The molecule has 0 saturated carbocycles. The van der Waals surface area contributed by atoms with Crippen molar-refractivity contribution in [3.63, 3.8) is 0 Å². The number of hydrogen-bond donors (Lipinski definition) is 3. The quantitative estimate of drug-likeness (QED) is 0.404. The molecule has 1 atom stereocenters. The van der Waals surface area contributed by atoms with Gasteiger partial charge in [0.2, 0.25) is 0 Å². The summed E-state index contributed by atoms with van der Waals surface area (Å²) in [5, 5.41) is 13.0. The molecule has 4 nitrogen and oxygen atoms in total. The summed E-state index contributed by atoms with van der Waals surface area (Å²) in [6.45, 7) is 3.94. The Bertz CT molecular complexity index is 467. The lowest BCUT2D eigenvalue weighted by Crippen LogP contribution is -2.35. The van der Waals surface area contributed by atoms with Gasteiger partial charge in [0, 0.05) is 18.2 Å². The van der Waals surface area contributed by atoms with Crippen molar-refractivity contribution in [3.05, 3.63) is 35.4 Å². The summed E-state index contributed by atoms with van der Waals surface area (Å²) in [6, 6.07) is 3.03. The molecule has 1 unspecified atom stereocenters. The van der Waals surface area contributed by atoms with Crippen LogP contribution in [0.5, 0.6) is 0 Å². The maximum Gasteiger partial charge on any atom is 0.188 e. The second kappa shape index (κ2) is 8.35. The van der Waals surface area contributed by atoms with E-state index in [0.29, 0.717) is 6.54 Å². The van der Waals surface area contributed by atoms with Crippen LogP contribution < -0.4 is 11.1 Å². The highest BCUT2D eigenvalue weighted by Crippen LogP contribution is 2.24. The summed E-state index contributed by atoms with van der Waals surface area (Å²) in [6.07, 6.45) is 0.888. The van der Waals surface area contributed by atoms with Gasteiger partial charge < -0.3 is 16.2 Å². The van der Waals surface area contributed by atoms with Crippen LogP contribution in [0.1, 0.15) is 25.8 Å². The molecule has 0 aliphatic rings. The molecule has 1 aromatic rings. The second-order valence-electron chi connectivity index (χ2n) is 4.53. The topological polar surface area (TPSA) is 70.6 Å². The predicted molar refractivity (Wildman–Crippen MR) is 86.1 cm³/mol. The van der Waals surface area contributed by atoms with Gasteiger partial charge in [-0.2, -0.15) is 0 Å². The molecule has 0 bridgehead atoms. The Morgan fingerprint density at radius 2 is 2.10 bits per heavy atom. The van der Waals surface area contributed by atoms with Gasteiger partial charge in [0.05, 0.1) is 6.54 Å². The van der Waals surface area contributed by atoms with Crippen molar-refractivity contribution in [2.45, 2.75) is 25.9 Å². The maximum absolute atomic E-state index is 13.6. The third kappa shape index (κ3) is 5.58. The Morgan fingerprint density at radius 3 is 2.65 bits per heavy atom. The summed E-state index contributed by atoms with van der Waals surface area (Å²) in [5.74, 6) is -1.31. The fraction of sp³-hybridized carbons (Fsp3) is 0.462. The molecule has 0 fully saturated rings. The van der Waals surface area contributed by atoms with Crippen LogP contribution in [-0.2, 0) is 5.60 Å². The van der Waals surface area contributed by atoms with E-state index >= 15 is 0 Å². The zero-order chi connectivity index (χ0) is 14.5. The highest BCUT2D eigenvalue weighted by atomic mass is 127. The number of nitrogens with one attached hydrogen (secondary N) is 1. The average molecular weight is 399 g/mol. The lowest BCUT2D eigenvalue weighted by molar-refractivity contribution is 0.0633. The Kier molecular flexibility index (Phi) is 7.95. The number of benzene rings is 1. The largest absolute Gasteiger partial charge is 0.383 e. The number of hydrogen-bond acceptors (Lipinski definition) is 2. The molecule has 7 heteroatoms.